The number of amides is 1. The minimum atomic E-state index is -1.06. The van der Waals surface area contributed by atoms with E-state index in [4.69, 9.17) is 9.84 Å². The largest absolute Gasteiger partial charge is 0.478 e. The van der Waals surface area contributed by atoms with Crippen LogP contribution in [0.25, 0.3) is 0 Å². The zero-order valence-electron chi connectivity index (χ0n) is 11.4. The van der Waals surface area contributed by atoms with Gasteiger partial charge in [0.05, 0.1) is 12.2 Å². The zero-order chi connectivity index (χ0) is 15.2. The molecule has 0 aliphatic rings. The van der Waals surface area contributed by atoms with Crippen LogP contribution >= 0.6 is 0 Å². The zero-order valence-corrected chi connectivity index (χ0v) is 11.4. The average molecular weight is 286 g/mol. The summed E-state index contributed by atoms with van der Waals surface area (Å²) >= 11 is 0. The SMILES string of the molecule is COCc1cccc(C(=O)Nc2ccc(C(=O)O)cn2)c1. The number of benzene rings is 1. The summed E-state index contributed by atoms with van der Waals surface area (Å²) in [6.45, 7) is 0.423. The summed E-state index contributed by atoms with van der Waals surface area (Å²) in [6.07, 6.45) is 1.19. The number of carboxylic acid groups (broad SMARTS) is 1. The molecule has 0 atom stereocenters. The molecule has 1 heterocycles. The van der Waals surface area contributed by atoms with E-state index in [-0.39, 0.29) is 11.5 Å². The fourth-order valence-corrected chi connectivity index (χ4v) is 1.75. The summed E-state index contributed by atoms with van der Waals surface area (Å²) in [4.78, 5) is 26.7. The van der Waals surface area contributed by atoms with Crippen molar-refractivity contribution in [2.24, 2.45) is 0 Å². The van der Waals surface area contributed by atoms with Crippen LogP contribution < -0.4 is 5.32 Å². The van der Waals surface area contributed by atoms with Crippen molar-refractivity contribution in [1.82, 2.24) is 4.98 Å². The monoisotopic (exact) mass is 286 g/mol. The van der Waals surface area contributed by atoms with Crippen LogP contribution in [0.2, 0.25) is 0 Å². The van der Waals surface area contributed by atoms with Crippen LogP contribution in [-0.4, -0.2) is 29.1 Å². The molecule has 0 fully saturated rings. The molecule has 1 amide bonds. The predicted octanol–water partition coefficient (Wildman–Crippen LogP) is 2.18. The summed E-state index contributed by atoms with van der Waals surface area (Å²) in [5, 5.41) is 11.4. The Labute approximate surface area is 121 Å². The molecule has 0 aliphatic heterocycles. The maximum Gasteiger partial charge on any atom is 0.337 e. The van der Waals surface area contributed by atoms with Crippen molar-refractivity contribution in [3.63, 3.8) is 0 Å². The van der Waals surface area contributed by atoms with Gasteiger partial charge in [0.1, 0.15) is 5.82 Å². The third-order valence-corrected chi connectivity index (χ3v) is 2.75. The van der Waals surface area contributed by atoms with E-state index in [0.717, 1.165) is 5.56 Å². The fraction of sp³-hybridized carbons (Fsp3) is 0.133. The Morgan fingerprint density at radius 1 is 1.24 bits per heavy atom. The van der Waals surface area contributed by atoms with Crippen LogP contribution in [-0.2, 0) is 11.3 Å². The summed E-state index contributed by atoms with van der Waals surface area (Å²) in [7, 11) is 1.58. The number of rotatable bonds is 5. The van der Waals surface area contributed by atoms with Crippen molar-refractivity contribution < 1.29 is 19.4 Å². The smallest absolute Gasteiger partial charge is 0.337 e. The predicted molar refractivity (Wildman–Crippen MR) is 76.3 cm³/mol. The third kappa shape index (κ3) is 3.87. The van der Waals surface area contributed by atoms with Gasteiger partial charge in [0.25, 0.3) is 5.91 Å². The first kappa shape index (κ1) is 14.7. The van der Waals surface area contributed by atoms with Crippen molar-refractivity contribution >= 4 is 17.7 Å². The molecule has 0 bridgehead atoms. The molecule has 108 valence electrons. The van der Waals surface area contributed by atoms with Gasteiger partial charge in [-0.3, -0.25) is 4.79 Å². The van der Waals surface area contributed by atoms with E-state index >= 15 is 0 Å². The Morgan fingerprint density at radius 3 is 2.67 bits per heavy atom. The Morgan fingerprint density at radius 2 is 2.05 bits per heavy atom. The number of nitrogens with one attached hydrogen (secondary N) is 1. The Kier molecular flexibility index (Phi) is 4.63. The van der Waals surface area contributed by atoms with Crippen LogP contribution in [0.3, 0.4) is 0 Å². The van der Waals surface area contributed by atoms with Gasteiger partial charge in [-0.25, -0.2) is 9.78 Å². The molecule has 0 unspecified atom stereocenters. The van der Waals surface area contributed by atoms with Gasteiger partial charge in [0, 0.05) is 18.9 Å². The number of aromatic nitrogens is 1. The summed E-state index contributed by atoms with van der Waals surface area (Å²) in [5.74, 6) is -1.08. The third-order valence-electron chi connectivity index (χ3n) is 2.75. The first-order chi connectivity index (χ1) is 10.1. The minimum absolute atomic E-state index is 0.0649. The highest BCUT2D eigenvalue weighted by Crippen LogP contribution is 2.10. The molecule has 0 saturated carbocycles. The summed E-state index contributed by atoms with van der Waals surface area (Å²) < 4.78 is 5.02. The normalized spacial score (nSPS) is 10.1. The van der Waals surface area contributed by atoms with E-state index in [1.54, 1.807) is 25.3 Å². The van der Waals surface area contributed by atoms with Crippen molar-refractivity contribution in [2.75, 3.05) is 12.4 Å². The molecule has 0 spiro atoms. The molecular weight excluding hydrogens is 272 g/mol. The van der Waals surface area contributed by atoms with E-state index in [1.165, 1.54) is 18.3 Å². The molecule has 0 radical (unpaired) electrons. The molecule has 1 aromatic carbocycles. The van der Waals surface area contributed by atoms with Crippen LogP contribution in [0.1, 0.15) is 26.3 Å². The number of hydrogen-bond donors (Lipinski definition) is 2. The highest BCUT2D eigenvalue weighted by atomic mass is 16.5. The van der Waals surface area contributed by atoms with Gasteiger partial charge >= 0.3 is 5.97 Å². The second-order valence-electron chi connectivity index (χ2n) is 4.32. The number of carbonyl (C=O) groups is 2. The summed E-state index contributed by atoms with van der Waals surface area (Å²) in [5.41, 5.74) is 1.43. The molecule has 0 aliphatic carbocycles. The average Bonchev–Trinajstić information content (AvgIpc) is 2.48. The number of aromatic carboxylic acids is 1. The van der Waals surface area contributed by atoms with E-state index in [0.29, 0.717) is 18.0 Å². The van der Waals surface area contributed by atoms with Crippen LogP contribution in [0.15, 0.2) is 42.6 Å². The fourth-order valence-electron chi connectivity index (χ4n) is 1.75. The number of carbonyl (C=O) groups excluding carboxylic acids is 1. The number of methoxy groups -OCH3 is 1. The molecule has 2 rings (SSSR count). The van der Waals surface area contributed by atoms with Crippen LogP contribution in [0.5, 0.6) is 0 Å². The second-order valence-corrected chi connectivity index (χ2v) is 4.32. The standard InChI is InChI=1S/C15H14N2O4/c1-21-9-10-3-2-4-11(7-10)14(18)17-13-6-5-12(8-16-13)15(19)20/h2-8H,9H2,1H3,(H,19,20)(H,16,17,18). The van der Waals surface area contributed by atoms with Gasteiger partial charge in [-0.2, -0.15) is 0 Å². The van der Waals surface area contributed by atoms with Crippen molar-refractivity contribution in [2.45, 2.75) is 6.61 Å². The van der Waals surface area contributed by atoms with Gasteiger partial charge in [-0.05, 0) is 29.8 Å². The lowest BCUT2D eigenvalue weighted by atomic mass is 10.1. The number of pyridine rings is 1. The molecule has 21 heavy (non-hydrogen) atoms. The minimum Gasteiger partial charge on any atom is -0.478 e. The van der Waals surface area contributed by atoms with Gasteiger partial charge in [0.2, 0.25) is 0 Å². The summed E-state index contributed by atoms with van der Waals surface area (Å²) in [6, 6.07) is 9.86. The van der Waals surface area contributed by atoms with Gasteiger partial charge in [-0.1, -0.05) is 12.1 Å². The van der Waals surface area contributed by atoms with Gasteiger partial charge in [0.15, 0.2) is 0 Å². The molecule has 2 aromatic rings. The molecule has 6 heteroatoms. The number of carboxylic acids is 1. The molecule has 0 saturated heterocycles. The molecular formula is C15H14N2O4. The quantitative estimate of drug-likeness (QED) is 0.879. The maximum absolute atomic E-state index is 12.1. The number of nitrogens with zero attached hydrogens (tertiary/aromatic N) is 1. The van der Waals surface area contributed by atoms with Crippen LogP contribution in [0, 0.1) is 0 Å². The molecule has 1 aromatic heterocycles. The molecule has 6 nitrogen and oxygen atoms in total. The highest BCUT2D eigenvalue weighted by Gasteiger charge is 2.09. The Hall–Kier alpha value is -2.73. The van der Waals surface area contributed by atoms with E-state index in [2.05, 4.69) is 10.3 Å². The van der Waals surface area contributed by atoms with E-state index in [1.807, 2.05) is 6.07 Å². The van der Waals surface area contributed by atoms with E-state index in [9.17, 15) is 9.59 Å². The van der Waals surface area contributed by atoms with Crippen molar-refractivity contribution in [3.8, 4) is 0 Å². The van der Waals surface area contributed by atoms with Crippen molar-refractivity contribution in [1.29, 1.82) is 0 Å². The lowest BCUT2D eigenvalue weighted by molar-refractivity contribution is 0.0696. The highest BCUT2D eigenvalue weighted by molar-refractivity contribution is 6.04. The Balaban J connectivity index is 2.10. The maximum atomic E-state index is 12.1. The van der Waals surface area contributed by atoms with Crippen molar-refractivity contribution in [3.05, 3.63) is 59.3 Å². The van der Waals surface area contributed by atoms with Gasteiger partial charge in [-0.15, -0.1) is 0 Å². The number of ether oxygens (including phenoxy) is 1. The van der Waals surface area contributed by atoms with Crippen LogP contribution in [0.4, 0.5) is 5.82 Å². The lowest BCUT2D eigenvalue weighted by Gasteiger charge is -2.06. The van der Waals surface area contributed by atoms with Gasteiger partial charge < -0.3 is 15.2 Å². The Bertz CT molecular complexity index is 653. The number of anilines is 1. The lowest BCUT2D eigenvalue weighted by Crippen LogP contribution is -2.13. The number of hydrogen-bond acceptors (Lipinski definition) is 4. The topological polar surface area (TPSA) is 88.5 Å². The van der Waals surface area contributed by atoms with E-state index < -0.39 is 5.97 Å². The first-order valence-corrected chi connectivity index (χ1v) is 6.18. The first-order valence-electron chi connectivity index (χ1n) is 6.18. The molecule has 2 N–H and O–H groups in total. The second kappa shape index (κ2) is 6.62.